The monoisotopic (exact) mass is 385 g/mol. The van der Waals surface area contributed by atoms with Gasteiger partial charge < -0.3 is 15.2 Å². The molecule has 1 heterocycles. The van der Waals surface area contributed by atoms with Crippen LogP contribution in [0.5, 0.6) is 0 Å². The number of carboxylic acids is 1. The Morgan fingerprint density at radius 2 is 2.00 bits per heavy atom. The highest BCUT2D eigenvalue weighted by Gasteiger charge is 2.55. The lowest BCUT2D eigenvalue weighted by Gasteiger charge is -2.47. The van der Waals surface area contributed by atoms with E-state index in [0.29, 0.717) is 16.3 Å². The van der Waals surface area contributed by atoms with Crippen molar-refractivity contribution in [2.75, 3.05) is 7.11 Å². The fourth-order valence-electron chi connectivity index (χ4n) is 3.78. The standard InChI is InChI=1S/C18H21Cl2NO4/c1-5-18(17(23)24)10(3)21-9(2)13(16(22)25-4)14(18)11-7-6-8-12(19)15(11)20/h6-8,10,14,21H,5H2,1-4H3,(H,23,24). The molecule has 5 nitrogen and oxygen atoms in total. The first kappa shape index (κ1) is 19.6. The highest BCUT2D eigenvalue weighted by Crippen LogP contribution is 2.52. The van der Waals surface area contributed by atoms with Crippen molar-refractivity contribution in [3.05, 3.63) is 45.1 Å². The number of nitrogens with one attached hydrogen (secondary N) is 1. The van der Waals surface area contributed by atoms with Crippen molar-refractivity contribution >= 4 is 35.1 Å². The first-order valence-corrected chi connectivity index (χ1v) is 8.70. The minimum Gasteiger partial charge on any atom is -0.481 e. The number of aliphatic carboxylic acids is 1. The molecule has 7 heteroatoms. The maximum atomic E-state index is 12.5. The molecule has 0 radical (unpaired) electrons. The van der Waals surface area contributed by atoms with E-state index in [1.54, 1.807) is 39.0 Å². The molecule has 3 unspecified atom stereocenters. The van der Waals surface area contributed by atoms with Gasteiger partial charge >= 0.3 is 11.9 Å². The normalized spacial score (nSPS) is 26.2. The number of carboxylic acid groups (broad SMARTS) is 1. The molecule has 0 aromatic heterocycles. The molecular formula is C18H21Cl2NO4. The van der Waals surface area contributed by atoms with Gasteiger partial charge in [0.1, 0.15) is 0 Å². The molecule has 0 saturated carbocycles. The van der Waals surface area contributed by atoms with Crippen molar-refractivity contribution in [1.29, 1.82) is 0 Å². The molecule has 136 valence electrons. The van der Waals surface area contributed by atoms with E-state index in [9.17, 15) is 14.7 Å². The summed E-state index contributed by atoms with van der Waals surface area (Å²) < 4.78 is 4.93. The van der Waals surface area contributed by atoms with E-state index >= 15 is 0 Å². The number of hydrogen-bond acceptors (Lipinski definition) is 4. The highest BCUT2D eigenvalue weighted by molar-refractivity contribution is 6.42. The van der Waals surface area contributed by atoms with Crippen LogP contribution in [-0.4, -0.2) is 30.2 Å². The molecule has 0 fully saturated rings. The largest absolute Gasteiger partial charge is 0.481 e. The first-order valence-electron chi connectivity index (χ1n) is 7.95. The number of rotatable bonds is 4. The van der Waals surface area contributed by atoms with Crippen LogP contribution in [0.2, 0.25) is 10.0 Å². The Kier molecular flexibility index (Phi) is 5.69. The predicted molar refractivity (Wildman–Crippen MR) is 96.9 cm³/mol. The van der Waals surface area contributed by atoms with Crippen LogP contribution >= 0.6 is 23.2 Å². The maximum absolute atomic E-state index is 12.5. The summed E-state index contributed by atoms with van der Waals surface area (Å²) in [5.74, 6) is -2.38. The Morgan fingerprint density at radius 1 is 1.36 bits per heavy atom. The summed E-state index contributed by atoms with van der Waals surface area (Å²) in [4.78, 5) is 24.9. The smallest absolute Gasteiger partial charge is 0.336 e. The zero-order chi connectivity index (χ0) is 18.9. The molecule has 0 amide bonds. The van der Waals surface area contributed by atoms with E-state index < -0.39 is 29.3 Å². The fraction of sp³-hybridized carbons (Fsp3) is 0.444. The van der Waals surface area contributed by atoms with Crippen LogP contribution in [0, 0.1) is 5.41 Å². The van der Waals surface area contributed by atoms with Crippen LogP contribution in [0.3, 0.4) is 0 Å². The average Bonchev–Trinajstić information content (AvgIpc) is 2.56. The van der Waals surface area contributed by atoms with Gasteiger partial charge in [-0.2, -0.15) is 0 Å². The molecule has 0 saturated heterocycles. The number of carbonyl (C=O) groups excluding carboxylic acids is 1. The second-order valence-corrected chi connectivity index (χ2v) is 6.96. The van der Waals surface area contributed by atoms with Gasteiger partial charge in [0.15, 0.2) is 0 Å². The SMILES string of the molecule is CCC1(C(=O)O)C(C)NC(C)=C(C(=O)OC)C1c1cccc(Cl)c1Cl. The molecule has 2 N–H and O–H groups in total. The Balaban J connectivity index is 2.88. The van der Waals surface area contributed by atoms with Gasteiger partial charge in [-0.15, -0.1) is 0 Å². The molecule has 0 aliphatic carbocycles. The van der Waals surface area contributed by atoms with E-state index in [1.807, 2.05) is 0 Å². The van der Waals surface area contributed by atoms with E-state index in [0.717, 1.165) is 0 Å². The number of allylic oxidation sites excluding steroid dienone is 1. The molecule has 1 aliphatic rings. The fourth-order valence-corrected chi connectivity index (χ4v) is 4.20. The molecular weight excluding hydrogens is 365 g/mol. The molecule has 1 aliphatic heterocycles. The van der Waals surface area contributed by atoms with Gasteiger partial charge in [0, 0.05) is 17.7 Å². The van der Waals surface area contributed by atoms with Crippen LogP contribution in [-0.2, 0) is 14.3 Å². The quantitative estimate of drug-likeness (QED) is 0.766. The maximum Gasteiger partial charge on any atom is 0.336 e. The predicted octanol–water partition coefficient (Wildman–Crippen LogP) is 4.00. The Morgan fingerprint density at radius 3 is 2.52 bits per heavy atom. The summed E-state index contributed by atoms with van der Waals surface area (Å²) >= 11 is 12.6. The Bertz CT molecular complexity index is 747. The number of benzene rings is 1. The Labute approximate surface area is 157 Å². The minimum atomic E-state index is -1.28. The molecule has 1 aromatic rings. The topological polar surface area (TPSA) is 75.6 Å². The van der Waals surface area contributed by atoms with Crippen molar-refractivity contribution in [3.8, 4) is 0 Å². The summed E-state index contributed by atoms with van der Waals surface area (Å²) in [5, 5.41) is 13.8. The van der Waals surface area contributed by atoms with Gasteiger partial charge in [-0.25, -0.2) is 4.79 Å². The number of hydrogen-bond donors (Lipinski definition) is 2. The zero-order valence-corrected chi connectivity index (χ0v) is 16.0. The first-order chi connectivity index (χ1) is 11.7. The summed E-state index contributed by atoms with van der Waals surface area (Å²) in [6.07, 6.45) is 0.289. The summed E-state index contributed by atoms with van der Waals surface area (Å²) in [6.45, 7) is 5.31. The van der Waals surface area contributed by atoms with Crippen LogP contribution < -0.4 is 5.32 Å². The highest BCUT2D eigenvalue weighted by atomic mass is 35.5. The third-order valence-corrected chi connectivity index (χ3v) is 5.93. The second kappa shape index (κ2) is 7.26. The lowest BCUT2D eigenvalue weighted by atomic mass is 9.61. The third-order valence-electron chi connectivity index (χ3n) is 5.09. The molecule has 1 aromatic carbocycles. The van der Waals surface area contributed by atoms with Gasteiger partial charge in [0.2, 0.25) is 0 Å². The van der Waals surface area contributed by atoms with Gasteiger partial charge in [0.25, 0.3) is 0 Å². The van der Waals surface area contributed by atoms with E-state index in [-0.39, 0.29) is 17.0 Å². The summed E-state index contributed by atoms with van der Waals surface area (Å²) in [5.41, 5.74) is 0.0587. The average molecular weight is 386 g/mol. The van der Waals surface area contributed by atoms with Crippen molar-refractivity contribution in [1.82, 2.24) is 5.32 Å². The van der Waals surface area contributed by atoms with Gasteiger partial charge in [0.05, 0.1) is 28.1 Å². The molecule has 2 rings (SSSR count). The van der Waals surface area contributed by atoms with Crippen LogP contribution in [0.15, 0.2) is 29.5 Å². The van der Waals surface area contributed by atoms with Crippen LogP contribution in [0.4, 0.5) is 0 Å². The molecule has 0 bridgehead atoms. The third kappa shape index (κ3) is 3.00. The van der Waals surface area contributed by atoms with Crippen molar-refractivity contribution in [2.45, 2.75) is 39.2 Å². The summed E-state index contributed by atoms with van der Waals surface area (Å²) in [6, 6.07) is 4.60. The van der Waals surface area contributed by atoms with Crippen molar-refractivity contribution < 1.29 is 19.4 Å². The van der Waals surface area contributed by atoms with Crippen molar-refractivity contribution in [3.63, 3.8) is 0 Å². The van der Waals surface area contributed by atoms with Gasteiger partial charge in [-0.1, -0.05) is 42.3 Å². The zero-order valence-electron chi connectivity index (χ0n) is 14.5. The molecule has 25 heavy (non-hydrogen) atoms. The number of halogens is 2. The Hall–Kier alpha value is -1.72. The van der Waals surface area contributed by atoms with Crippen molar-refractivity contribution in [2.24, 2.45) is 5.41 Å². The lowest BCUT2D eigenvalue weighted by Crippen LogP contribution is -2.56. The van der Waals surface area contributed by atoms with Gasteiger partial charge in [-0.3, -0.25) is 4.79 Å². The number of esters is 1. The van der Waals surface area contributed by atoms with E-state index in [2.05, 4.69) is 5.32 Å². The number of methoxy groups -OCH3 is 1. The molecule has 0 spiro atoms. The van der Waals surface area contributed by atoms with Gasteiger partial charge in [-0.05, 0) is 31.9 Å². The number of carbonyl (C=O) groups is 2. The van der Waals surface area contributed by atoms with E-state index in [4.69, 9.17) is 27.9 Å². The number of ether oxygens (including phenoxy) is 1. The van der Waals surface area contributed by atoms with Crippen LogP contribution in [0.25, 0.3) is 0 Å². The molecule has 3 atom stereocenters. The van der Waals surface area contributed by atoms with E-state index in [1.165, 1.54) is 7.11 Å². The van der Waals surface area contributed by atoms with Crippen LogP contribution in [0.1, 0.15) is 38.7 Å². The minimum absolute atomic E-state index is 0.247. The summed E-state index contributed by atoms with van der Waals surface area (Å²) in [7, 11) is 1.27. The second-order valence-electron chi connectivity index (χ2n) is 6.17. The lowest BCUT2D eigenvalue weighted by molar-refractivity contribution is -0.153.